The van der Waals surface area contributed by atoms with Crippen molar-refractivity contribution < 1.29 is 29.2 Å². The summed E-state index contributed by atoms with van der Waals surface area (Å²) in [5.74, 6) is 1.00. The van der Waals surface area contributed by atoms with Gasteiger partial charge in [0.1, 0.15) is 51.6 Å². The van der Waals surface area contributed by atoms with E-state index in [1.54, 1.807) is 12.1 Å². The molecule has 5 rings (SSSR count). The van der Waals surface area contributed by atoms with Crippen molar-refractivity contribution in [1.29, 1.82) is 0 Å². The number of benzene rings is 2. The number of carbonyl (C=O) groups is 1. The average Bonchev–Trinajstić information content (AvgIpc) is 2.76. The van der Waals surface area contributed by atoms with Crippen LogP contribution in [0.4, 0.5) is 0 Å². The second-order valence-corrected chi connectivity index (χ2v) is 11.0. The lowest BCUT2D eigenvalue weighted by atomic mass is 9.87. The van der Waals surface area contributed by atoms with Crippen LogP contribution in [0.25, 0.3) is 12.2 Å². The fourth-order valence-electron chi connectivity index (χ4n) is 4.81. The molecule has 0 unspecified atom stereocenters. The van der Waals surface area contributed by atoms with Gasteiger partial charge in [-0.1, -0.05) is 17.7 Å². The highest BCUT2D eigenvalue weighted by Gasteiger charge is 2.39. The summed E-state index contributed by atoms with van der Waals surface area (Å²) in [4.78, 5) is 13.4. The summed E-state index contributed by atoms with van der Waals surface area (Å²) in [5.41, 5.74) is 2.69. The van der Waals surface area contributed by atoms with Gasteiger partial charge in [0.05, 0.1) is 12.0 Å². The molecule has 0 aromatic heterocycles. The van der Waals surface area contributed by atoms with Crippen molar-refractivity contribution in [3.63, 3.8) is 0 Å². The Bertz CT molecular complexity index is 1370. The van der Waals surface area contributed by atoms with Gasteiger partial charge >= 0.3 is 0 Å². The molecule has 0 radical (unpaired) electrons. The summed E-state index contributed by atoms with van der Waals surface area (Å²) in [6, 6.07) is 3.37. The van der Waals surface area contributed by atoms with Gasteiger partial charge < -0.3 is 24.4 Å². The van der Waals surface area contributed by atoms with Gasteiger partial charge in [-0.3, -0.25) is 4.79 Å². The number of carbonyl (C=O) groups excluding carboxylic acids is 1. The van der Waals surface area contributed by atoms with Crippen molar-refractivity contribution >= 4 is 17.9 Å². The Morgan fingerprint density at radius 3 is 2.44 bits per heavy atom. The summed E-state index contributed by atoms with van der Waals surface area (Å²) in [5, 5.41) is 22.1. The van der Waals surface area contributed by atoms with Crippen LogP contribution < -0.4 is 14.2 Å². The molecule has 2 N–H and O–H groups in total. The molecule has 3 aliphatic heterocycles. The Morgan fingerprint density at radius 1 is 1.03 bits per heavy atom. The Hall–Kier alpha value is -3.67. The molecule has 3 heterocycles. The monoisotopic (exact) mass is 488 g/mol. The Kier molecular flexibility index (Phi) is 5.47. The lowest BCUT2D eigenvalue weighted by Gasteiger charge is -2.35. The lowest BCUT2D eigenvalue weighted by Crippen LogP contribution is -2.30. The van der Waals surface area contributed by atoms with Crippen LogP contribution in [0.3, 0.4) is 0 Å². The zero-order chi connectivity index (χ0) is 26.0. The van der Waals surface area contributed by atoms with Crippen LogP contribution in [0, 0.1) is 0 Å². The predicted molar refractivity (Wildman–Crippen MR) is 139 cm³/mol. The zero-order valence-corrected chi connectivity index (χ0v) is 21.6. The number of allylic oxidation sites excluding steroid dienone is 2. The minimum atomic E-state index is -0.728. The van der Waals surface area contributed by atoms with Gasteiger partial charge in [0.15, 0.2) is 5.78 Å². The van der Waals surface area contributed by atoms with Gasteiger partial charge in [-0.05, 0) is 72.3 Å². The predicted octanol–water partition coefficient (Wildman–Crippen LogP) is 6.68. The van der Waals surface area contributed by atoms with E-state index in [0.29, 0.717) is 34.6 Å². The lowest BCUT2D eigenvalue weighted by molar-refractivity contribution is 0.0837. The van der Waals surface area contributed by atoms with E-state index in [-0.39, 0.29) is 35.0 Å². The number of hydrogen-bond donors (Lipinski definition) is 2. The summed E-state index contributed by atoms with van der Waals surface area (Å²) in [6.07, 6.45) is 9.38. The molecule has 6 nitrogen and oxygen atoms in total. The highest BCUT2D eigenvalue weighted by molar-refractivity contribution is 6.05. The van der Waals surface area contributed by atoms with Crippen molar-refractivity contribution in [2.45, 2.75) is 71.7 Å². The third kappa shape index (κ3) is 4.15. The maximum Gasteiger partial charge on any atom is 0.174 e. The maximum absolute atomic E-state index is 13.4. The highest BCUT2D eigenvalue weighted by atomic mass is 16.5. The number of ketones is 1. The molecule has 0 aliphatic carbocycles. The Labute approximate surface area is 211 Å². The van der Waals surface area contributed by atoms with Crippen LogP contribution in [-0.2, 0) is 6.42 Å². The topological polar surface area (TPSA) is 85.2 Å². The first-order chi connectivity index (χ1) is 16.8. The number of hydrogen-bond acceptors (Lipinski definition) is 6. The first kappa shape index (κ1) is 24.0. The smallest absolute Gasteiger partial charge is 0.174 e. The van der Waals surface area contributed by atoms with Crippen LogP contribution in [-0.4, -0.2) is 27.2 Å². The van der Waals surface area contributed by atoms with Crippen LogP contribution in [0.2, 0.25) is 0 Å². The molecule has 188 valence electrons. The molecule has 36 heavy (non-hydrogen) atoms. The van der Waals surface area contributed by atoms with E-state index in [2.05, 4.69) is 0 Å². The van der Waals surface area contributed by atoms with Crippen molar-refractivity contribution in [3.8, 4) is 28.7 Å². The van der Waals surface area contributed by atoms with Gasteiger partial charge in [0.2, 0.25) is 0 Å². The fourth-order valence-corrected chi connectivity index (χ4v) is 4.81. The van der Waals surface area contributed by atoms with Crippen LogP contribution in [0.5, 0.6) is 28.7 Å². The van der Waals surface area contributed by atoms with Gasteiger partial charge in [0, 0.05) is 22.8 Å². The van der Waals surface area contributed by atoms with Crippen LogP contribution >= 0.6 is 0 Å². The number of Topliss-reactive ketones (excluding diaryl/α,β-unsaturated/α-hetero) is 1. The van der Waals surface area contributed by atoms with E-state index in [1.807, 2.05) is 71.9 Å². The molecule has 2 aromatic rings. The summed E-state index contributed by atoms with van der Waals surface area (Å²) < 4.78 is 18.6. The highest BCUT2D eigenvalue weighted by Crippen LogP contribution is 2.52. The van der Waals surface area contributed by atoms with Crippen LogP contribution in [0.15, 0.2) is 35.9 Å². The van der Waals surface area contributed by atoms with Crippen LogP contribution in [0.1, 0.15) is 86.7 Å². The summed E-state index contributed by atoms with van der Waals surface area (Å²) in [6.45, 7) is 11.7. The molecule has 0 amide bonds. The Morgan fingerprint density at radius 2 is 1.72 bits per heavy atom. The van der Waals surface area contributed by atoms with E-state index >= 15 is 0 Å². The largest absolute Gasteiger partial charge is 0.507 e. The second-order valence-electron chi connectivity index (χ2n) is 11.0. The summed E-state index contributed by atoms with van der Waals surface area (Å²) in [7, 11) is 0. The molecule has 6 heteroatoms. The number of phenolic OH excluding ortho intramolecular Hbond substituents is 2. The van der Waals surface area contributed by atoms with Crippen molar-refractivity contribution in [1.82, 2.24) is 0 Å². The first-order valence-electron chi connectivity index (χ1n) is 12.2. The quantitative estimate of drug-likeness (QED) is 0.469. The van der Waals surface area contributed by atoms with Crippen molar-refractivity contribution in [2.24, 2.45) is 0 Å². The SMILES string of the molecule is CC(C)=CCc1c(O)c2c(c3c1OC(C)(C)C=C3)O[C@@H](c1cc3c(cc1O)OC(C)(C)C=C3)CC2=O. The third-order valence-electron chi connectivity index (χ3n) is 6.70. The van der Waals surface area contributed by atoms with E-state index in [9.17, 15) is 15.0 Å². The van der Waals surface area contributed by atoms with E-state index < -0.39 is 17.3 Å². The number of rotatable bonds is 3. The molecule has 0 bridgehead atoms. The number of aromatic hydroxyl groups is 2. The molecule has 1 atom stereocenters. The molecular formula is C30H32O6. The van der Waals surface area contributed by atoms with E-state index in [1.165, 1.54) is 0 Å². The van der Waals surface area contributed by atoms with E-state index in [4.69, 9.17) is 14.2 Å². The number of phenols is 2. The minimum absolute atomic E-state index is 0.00714. The van der Waals surface area contributed by atoms with Crippen molar-refractivity contribution in [2.75, 3.05) is 0 Å². The average molecular weight is 489 g/mol. The van der Waals surface area contributed by atoms with Gasteiger partial charge in [-0.15, -0.1) is 0 Å². The van der Waals surface area contributed by atoms with Gasteiger partial charge in [0.25, 0.3) is 0 Å². The second kappa shape index (κ2) is 8.19. The minimum Gasteiger partial charge on any atom is -0.507 e. The van der Waals surface area contributed by atoms with Gasteiger partial charge in [-0.25, -0.2) is 0 Å². The normalized spacial score (nSPS) is 20.3. The molecule has 0 spiro atoms. The summed E-state index contributed by atoms with van der Waals surface area (Å²) >= 11 is 0. The third-order valence-corrected chi connectivity index (χ3v) is 6.70. The fraction of sp³-hybridized carbons (Fsp3) is 0.367. The molecule has 0 fully saturated rings. The molecule has 3 aliphatic rings. The van der Waals surface area contributed by atoms with Crippen molar-refractivity contribution in [3.05, 3.63) is 63.8 Å². The first-order valence-corrected chi connectivity index (χ1v) is 12.2. The number of fused-ring (bicyclic) bond motifs is 4. The molecule has 2 aromatic carbocycles. The standard InChI is InChI=1S/C30H32O6/c1-16(2)7-8-18-26(33)25-22(32)15-24(34-28(25)19-10-12-30(5,6)36-27(18)19)20-13-17-9-11-29(3,4)35-23(17)14-21(20)31/h7,9-14,24,31,33H,8,15H2,1-6H3/t24-/m1/s1. The zero-order valence-electron chi connectivity index (χ0n) is 21.6. The molecule has 0 saturated heterocycles. The maximum atomic E-state index is 13.4. The Balaban J connectivity index is 1.62. The molecular weight excluding hydrogens is 456 g/mol. The number of ether oxygens (including phenoxy) is 3. The van der Waals surface area contributed by atoms with E-state index in [0.717, 1.165) is 11.1 Å². The molecule has 0 saturated carbocycles. The van der Waals surface area contributed by atoms with Gasteiger partial charge in [-0.2, -0.15) is 0 Å².